The van der Waals surface area contributed by atoms with Crippen LogP contribution < -0.4 is 15.4 Å². The Hall–Kier alpha value is -3.37. The first kappa shape index (κ1) is 23.9. The molecule has 0 saturated heterocycles. The molecular weight excluding hydrogens is 394 g/mol. The number of rotatable bonds is 11. The lowest BCUT2D eigenvalue weighted by Crippen LogP contribution is -2.48. The Bertz CT molecular complexity index is 923. The molecule has 31 heavy (non-hydrogen) atoms. The van der Waals surface area contributed by atoms with E-state index in [0.717, 1.165) is 16.7 Å². The second-order valence-corrected chi connectivity index (χ2v) is 7.17. The average Bonchev–Trinajstić information content (AvgIpc) is 2.76. The molecule has 1 amide bonds. The zero-order valence-corrected chi connectivity index (χ0v) is 18.2. The fourth-order valence-corrected chi connectivity index (χ4v) is 3.14. The lowest BCUT2D eigenvalue weighted by molar-refractivity contribution is -0.145. The Labute approximate surface area is 183 Å². The van der Waals surface area contributed by atoms with Crippen molar-refractivity contribution in [2.75, 3.05) is 20.3 Å². The summed E-state index contributed by atoms with van der Waals surface area (Å²) in [5.74, 6) is -0.173. The highest BCUT2D eigenvalue weighted by molar-refractivity contribution is 5.82. The molecule has 0 bridgehead atoms. The number of hydrogen-bond donors (Lipinski definition) is 2. The van der Waals surface area contributed by atoms with Crippen LogP contribution in [0, 0.1) is 18.3 Å². The highest BCUT2D eigenvalue weighted by Crippen LogP contribution is 2.15. The molecule has 0 radical (unpaired) electrons. The normalized spacial score (nSPS) is 12.3. The van der Waals surface area contributed by atoms with Crippen LogP contribution in [0.5, 0.6) is 5.75 Å². The van der Waals surface area contributed by atoms with Crippen LogP contribution in [0.25, 0.3) is 0 Å². The number of nitriles is 1. The summed E-state index contributed by atoms with van der Waals surface area (Å²) < 4.78 is 10.3. The van der Waals surface area contributed by atoms with E-state index >= 15 is 0 Å². The third-order valence-corrected chi connectivity index (χ3v) is 4.66. The maximum absolute atomic E-state index is 12.7. The van der Waals surface area contributed by atoms with E-state index in [9.17, 15) is 14.9 Å². The zero-order chi connectivity index (χ0) is 22.6. The van der Waals surface area contributed by atoms with Crippen molar-refractivity contribution in [2.24, 2.45) is 0 Å². The number of benzene rings is 2. The molecule has 7 nitrogen and oxygen atoms in total. The van der Waals surface area contributed by atoms with Gasteiger partial charge >= 0.3 is 5.97 Å². The van der Waals surface area contributed by atoms with Crippen molar-refractivity contribution in [3.63, 3.8) is 0 Å². The molecule has 2 aromatic carbocycles. The molecule has 2 unspecified atom stereocenters. The molecule has 2 rings (SSSR count). The predicted octanol–water partition coefficient (Wildman–Crippen LogP) is 2.32. The molecule has 2 aromatic rings. The van der Waals surface area contributed by atoms with E-state index in [-0.39, 0.29) is 12.5 Å². The predicted molar refractivity (Wildman–Crippen MR) is 118 cm³/mol. The summed E-state index contributed by atoms with van der Waals surface area (Å²) in [5, 5.41) is 15.4. The van der Waals surface area contributed by atoms with Gasteiger partial charge in [-0.3, -0.25) is 4.79 Å². The highest BCUT2D eigenvalue weighted by atomic mass is 16.6. The Balaban J connectivity index is 1.96. The average molecular weight is 424 g/mol. The van der Waals surface area contributed by atoms with Crippen molar-refractivity contribution >= 4 is 11.9 Å². The van der Waals surface area contributed by atoms with Gasteiger partial charge in [0, 0.05) is 6.42 Å². The summed E-state index contributed by atoms with van der Waals surface area (Å²) in [7, 11) is 1.73. The van der Waals surface area contributed by atoms with Gasteiger partial charge in [-0.1, -0.05) is 42.0 Å². The summed E-state index contributed by atoms with van der Waals surface area (Å²) in [4.78, 5) is 24.2. The number of hydrogen-bond acceptors (Lipinski definition) is 6. The van der Waals surface area contributed by atoms with E-state index < -0.39 is 18.1 Å². The monoisotopic (exact) mass is 423 g/mol. The van der Waals surface area contributed by atoms with Gasteiger partial charge < -0.3 is 20.1 Å². The van der Waals surface area contributed by atoms with Gasteiger partial charge in [0.05, 0.1) is 18.7 Å². The van der Waals surface area contributed by atoms with E-state index in [1.54, 1.807) is 32.2 Å². The van der Waals surface area contributed by atoms with Gasteiger partial charge in [-0.25, -0.2) is 4.79 Å². The third kappa shape index (κ3) is 8.11. The molecule has 2 N–H and O–H groups in total. The second-order valence-electron chi connectivity index (χ2n) is 7.17. The third-order valence-electron chi connectivity index (χ3n) is 4.66. The first-order chi connectivity index (χ1) is 14.9. The fraction of sp³-hybridized carbons (Fsp3) is 0.375. The number of nitrogens with zero attached hydrogens (tertiary/aromatic N) is 1. The van der Waals surface area contributed by atoms with Crippen LogP contribution in [-0.2, 0) is 27.2 Å². The van der Waals surface area contributed by atoms with Gasteiger partial charge in [0.1, 0.15) is 11.8 Å². The number of ether oxygens (including phenoxy) is 2. The summed E-state index contributed by atoms with van der Waals surface area (Å²) in [6.45, 7) is 3.85. The maximum Gasteiger partial charge on any atom is 0.344 e. The van der Waals surface area contributed by atoms with Gasteiger partial charge in [-0.2, -0.15) is 5.26 Å². The molecule has 0 aliphatic rings. The maximum atomic E-state index is 12.7. The molecule has 0 spiro atoms. The van der Waals surface area contributed by atoms with Crippen LogP contribution in [0.2, 0.25) is 0 Å². The Morgan fingerprint density at radius 1 is 1.10 bits per heavy atom. The lowest BCUT2D eigenvalue weighted by Gasteiger charge is -2.19. The molecule has 0 heterocycles. The van der Waals surface area contributed by atoms with Crippen molar-refractivity contribution < 1.29 is 19.1 Å². The Kier molecular flexibility index (Phi) is 9.53. The van der Waals surface area contributed by atoms with E-state index in [1.165, 1.54) is 0 Å². The molecule has 0 aromatic heterocycles. The fourth-order valence-electron chi connectivity index (χ4n) is 3.14. The van der Waals surface area contributed by atoms with E-state index in [2.05, 4.69) is 16.7 Å². The summed E-state index contributed by atoms with van der Waals surface area (Å²) in [6.07, 6.45) is 0.846. The van der Waals surface area contributed by atoms with Crippen molar-refractivity contribution in [2.45, 2.75) is 38.8 Å². The molecule has 0 fully saturated rings. The minimum atomic E-state index is -0.693. The summed E-state index contributed by atoms with van der Waals surface area (Å²) >= 11 is 0. The van der Waals surface area contributed by atoms with Crippen LogP contribution in [0.4, 0.5) is 0 Å². The van der Waals surface area contributed by atoms with Gasteiger partial charge in [0.15, 0.2) is 6.61 Å². The lowest BCUT2D eigenvalue weighted by atomic mass is 10.0. The minimum absolute atomic E-state index is 0.182. The molecule has 0 aliphatic carbocycles. The van der Waals surface area contributed by atoms with Crippen molar-refractivity contribution in [3.8, 4) is 11.8 Å². The molecule has 0 saturated carbocycles. The van der Waals surface area contributed by atoms with E-state index in [4.69, 9.17) is 9.47 Å². The molecular formula is C24H29N3O4. The van der Waals surface area contributed by atoms with Crippen molar-refractivity contribution in [1.29, 1.82) is 5.26 Å². The SMILES string of the molecule is CCOC(=O)COc1cccc(CC(C#N)NC(=O)C(Cc2cccc(C)c2)NC)c1. The van der Waals surface area contributed by atoms with Crippen LogP contribution in [0.3, 0.4) is 0 Å². The first-order valence-electron chi connectivity index (χ1n) is 10.2. The van der Waals surface area contributed by atoms with Gasteiger partial charge in [0.2, 0.25) is 5.91 Å². The number of likely N-dealkylation sites (N-methyl/N-ethyl adjacent to an activating group) is 1. The van der Waals surface area contributed by atoms with Crippen LogP contribution in [0.1, 0.15) is 23.6 Å². The van der Waals surface area contributed by atoms with Crippen LogP contribution >= 0.6 is 0 Å². The van der Waals surface area contributed by atoms with Gasteiger partial charge in [-0.15, -0.1) is 0 Å². The number of carbonyl (C=O) groups excluding carboxylic acids is 2. The Morgan fingerprint density at radius 2 is 1.81 bits per heavy atom. The van der Waals surface area contributed by atoms with E-state index in [1.807, 2.05) is 37.3 Å². The summed E-state index contributed by atoms with van der Waals surface area (Å²) in [6, 6.07) is 16.1. The Morgan fingerprint density at radius 3 is 2.45 bits per heavy atom. The first-order valence-corrected chi connectivity index (χ1v) is 10.2. The van der Waals surface area contributed by atoms with Crippen molar-refractivity contribution in [3.05, 3.63) is 65.2 Å². The highest BCUT2D eigenvalue weighted by Gasteiger charge is 2.21. The number of nitrogens with one attached hydrogen (secondary N) is 2. The molecule has 7 heteroatoms. The molecule has 164 valence electrons. The van der Waals surface area contributed by atoms with Crippen molar-refractivity contribution in [1.82, 2.24) is 10.6 Å². The van der Waals surface area contributed by atoms with Crippen LogP contribution in [-0.4, -0.2) is 44.2 Å². The number of carbonyl (C=O) groups is 2. The standard InChI is InChI=1S/C24H29N3O4/c1-4-30-23(28)16-31-21-10-6-9-19(13-21)12-20(15-25)27-24(29)22(26-3)14-18-8-5-7-17(2)11-18/h5-11,13,20,22,26H,4,12,14,16H2,1-3H3,(H,27,29). The molecule has 0 aliphatic heterocycles. The van der Waals surface area contributed by atoms with Gasteiger partial charge in [-0.05, 0) is 50.6 Å². The van der Waals surface area contributed by atoms with Gasteiger partial charge in [0.25, 0.3) is 0 Å². The largest absolute Gasteiger partial charge is 0.482 e. The zero-order valence-electron chi connectivity index (χ0n) is 18.2. The molecule has 2 atom stereocenters. The number of aryl methyl sites for hydroxylation is 1. The number of amides is 1. The quantitative estimate of drug-likeness (QED) is 0.538. The minimum Gasteiger partial charge on any atom is -0.482 e. The second kappa shape index (κ2) is 12.4. The topological polar surface area (TPSA) is 100 Å². The van der Waals surface area contributed by atoms with E-state index in [0.29, 0.717) is 25.2 Å². The number of esters is 1. The smallest absolute Gasteiger partial charge is 0.344 e. The van der Waals surface area contributed by atoms with Crippen LogP contribution in [0.15, 0.2) is 48.5 Å². The summed E-state index contributed by atoms with van der Waals surface area (Å²) in [5.41, 5.74) is 3.00.